The Morgan fingerprint density at radius 1 is 1.42 bits per heavy atom. The highest BCUT2D eigenvalue weighted by molar-refractivity contribution is 9.08. The maximum absolute atomic E-state index is 4.17. The summed E-state index contributed by atoms with van der Waals surface area (Å²) in [5.41, 5.74) is 2.22. The van der Waals surface area contributed by atoms with Gasteiger partial charge in [-0.1, -0.05) is 22.0 Å². The number of hydrogen-bond acceptors (Lipinski definition) is 1. The van der Waals surface area contributed by atoms with Gasteiger partial charge >= 0.3 is 0 Å². The summed E-state index contributed by atoms with van der Waals surface area (Å²) < 4.78 is 2.06. The van der Waals surface area contributed by atoms with E-state index >= 15 is 0 Å². The molecule has 2 nitrogen and oxygen atoms in total. The first kappa shape index (κ1) is 9.74. The molecule has 12 heavy (non-hydrogen) atoms. The third-order valence-corrected chi connectivity index (χ3v) is 2.22. The molecule has 0 aliphatic carbocycles. The summed E-state index contributed by atoms with van der Waals surface area (Å²) in [5.74, 6) is 0. The number of fused-ring (bicyclic) bond motifs is 1. The van der Waals surface area contributed by atoms with Gasteiger partial charge in [0.1, 0.15) is 5.65 Å². The number of hydrogen-bond donors (Lipinski definition) is 0. The molecule has 0 unspecified atom stereocenters. The number of alkyl halides is 1. The molecule has 2 aromatic heterocycles. The highest BCUT2D eigenvalue weighted by Gasteiger charge is 1.96. The van der Waals surface area contributed by atoms with Crippen LogP contribution in [0.25, 0.3) is 5.65 Å². The number of pyridine rings is 1. The van der Waals surface area contributed by atoms with Gasteiger partial charge in [0.25, 0.3) is 0 Å². The Hall–Kier alpha value is -0.350. The van der Waals surface area contributed by atoms with E-state index < -0.39 is 0 Å². The van der Waals surface area contributed by atoms with Crippen LogP contribution in [0.4, 0.5) is 0 Å². The van der Waals surface area contributed by atoms with Crippen molar-refractivity contribution in [2.75, 3.05) is 0 Å². The van der Waals surface area contributed by atoms with E-state index in [0.29, 0.717) is 0 Å². The number of nitrogens with zero attached hydrogens (tertiary/aromatic N) is 2. The van der Waals surface area contributed by atoms with Crippen LogP contribution < -0.4 is 0 Å². The van der Waals surface area contributed by atoms with E-state index in [-0.39, 0.29) is 17.0 Å². The Labute approximate surface area is 89.5 Å². The molecule has 0 fully saturated rings. The van der Waals surface area contributed by atoms with E-state index in [0.717, 1.165) is 11.0 Å². The Morgan fingerprint density at radius 2 is 2.25 bits per heavy atom. The second kappa shape index (κ2) is 4.05. The van der Waals surface area contributed by atoms with Gasteiger partial charge in [0.15, 0.2) is 0 Å². The minimum Gasteiger partial charge on any atom is -0.303 e. The first-order chi connectivity index (χ1) is 5.42. The molecule has 0 aromatic carbocycles. The average molecular weight is 292 g/mol. The summed E-state index contributed by atoms with van der Waals surface area (Å²) in [4.78, 5) is 4.17. The smallest absolute Gasteiger partial charge is 0.136 e. The summed E-state index contributed by atoms with van der Waals surface area (Å²) in [6.07, 6.45) is 3.77. The molecule has 0 saturated heterocycles. The molecule has 64 valence electrons. The van der Waals surface area contributed by atoms with Crippen molar-refractivity contribution in [2.45, 2.75) is 5.33 Å². The minimum atomic E-state index is 0. The van der Waals surface area contributed by atoms with Gasteiger partial charge < -0.3 is 4.40 Å². The van der Waals surface area contributed by atoms with E-state index in [4.69, 9.17) is 0 Å². The molecule has 0 aliphatic heterocycles. The molecule has 0 saturated carbocycles. The molecular formula is C8H8Br2N2. The van der Waals surface area contributed by atoms with Gasteiger partial charge in [0, 0.05) is 23.4 Å². The van der Waals surface area contributed by atoms with Gasteiger partial charge in [0.2, 0.25) is 0 Å². The standard InChI is InChI=1S/C8H7BrN2.BrH/c9-6-7-2-1-3-8-10-4-5-11(7)8;/h1-5H,6H2;1H. The first-order valence-electron chi connectivity index (χ1n) is 3.39. The molecule has 0 radical (unpaired) electrons. The van der Waals surface area contributed by atoms with Crippen molar-refractivity contribution in [3.8, 4) is 0 Å². The zero-order valence-corrected chi connectivity index (χ0v) is 9.57. The Morgan fingerprint density at radius 3 is 3.00 bits per heavy atom. The normalized spacial score (nSPS) is 9.75. The van der Waals surface area contributed by atoms with E-state index in [2.05, 4.69) is 31.4 Å². The molecule has 2 rings (SSSR count). The van der Waals surface area contributed by atoms with E-state index in [1.165, 1.54) is 5.69 Å². The Bertz CT molecular complexity index is 370. The summed E-state index contributed by atoms with van der Waals surface area (Å²) in [6, 6.07) is 6.08. The summed E-state index contributed by atoms with van der Waals surface area (Å²) >= 11 is 3.41. The number of halogens is 2. The van der Waals surface area contributed by atoms with Crippen LogP contribution in [-0.4, -0.2) is 9.38 Å². The third kappa shape index (κ3) is 1.54. The van der Waals surface area contributed by atoms with Crippen molar-refractivity contribution in [1.29, 1.82) is 0 Å². The van der Waals surface area contributed by atoms with Crippen LogP contribution in [0.1, 0.15) is 5.69 Å². The fourth-order valence-electron chi connectivity index (χ4n) is 1.12. The fraction of sp³-hybridized carbons (Fsp3) is 0.125. The van der Waals surface area contributed by atoms with E-state index in [1.807, 2.05) is 24.5 Å². The molecule has 0 amide bonds. The molecule has 4 heteroatoms. The van der Waals surface area contributed by atoms with Crippen LogP contribution in [0.5, 0.6) is 0 Å². The lowest BCUT2D eigenvalue weighted by atomic mass is 10.4. The highest BCUT2D eigenvalue weighted by atomic mass is 79.9. The molecule has 2 heterocycles. The van der Waals surface area contributed by atoms with Gasteiger partial charge in [-0.15, -0.1) is 17.0 Å². The van der Waals surface area contributed by atoms with Crippen molar-refractivity contribution in [3.05, 3.63) is 36.3 Å². The second-order valence-electron chi connectivity index (χ2n) is 2.31. The van der Waals surface area contributed by atoms with E-state index in [9.17, 15) is 0 Å². The summed E-state index contributed by atoms with van der Waals surface area (Å²) in [6.45, 7) is 0. The van der Waals surface area contributed by atoms with Gasteiger partial charge in [-0.2, -0.15) is 0 Å². The van der Waals surface area contributed by atoms with Gasteiger partial charge in [-0.05, 0) is 12.1 Å². The van der Waals surface area contributed by atoms with Crippen LogP contribution in [0.2, 0.25) is 0 Å². The van der Waals surface area contributed by atoms with Crippen LogP contribution in [0.15, 0.2) is 30.6 Å². The summed E-state index contributed by atoms with van der Waals surface area (Å²) in [5, 5.41) is 0.862. The average Bonchev–Trinajstić information content (AvgIpc) is 2.50. The third-order valence-electron chi connectivity index (χ3n) is 1.65. The lowest BCUT2D eigenvalue weighted by molar-refractivity contribution is 1.08. The van der Waals surface area contributed by atoms with Crippen molar-refractivity contribution in [2.24, 2.45) is 0 Å². The second-order valence-corrected chi connectivity index (χ2v) is 2.87. The first-order valence-corrected chi connectivity index (χ1v) is 4.51. The maximum atomic E-state index is 4.17. The van der Waals surface area contributed by atoms with E-state index in [1.54, 1.807) is 0 Å². The SMILES string of the molecule is Br.BrCc1cccc2nccn12. The molecule has 0 bridgehead atoms. The van der Waals surface area contributed by atoms with Gasteiger partial charge in [0.05, 0.1) is 0 Å². The topological polar surface area (TPSA) is 17.3 Å². The van der Waals surface area contributed by atoms with Crippen molar-refractivity contribution < 1.29 is 0 Å². The summed E-state index contributed by atoms with van der Waals surface area (Å²) in [7, 11) is 0. The maximum Gasteiger partial charge on any atom is 0.136 e. The zero-order chi connectivity index (χ0) is 7.68. The quantitative estimate of drug-likeness (QED) is 0.739. The molecule has 0 spiro atoms. The van der Waals surface area contributed by atoms with Gasteiger partial charge in [-0.3, -0.25) is 0 Å². The lowest BCUT2D eigenvalue weighted by Gasteiger charge is -1.98. The number of imidazole rings is 1. The monoisotopic (exact) mass is 290 g/mol. The van der Waals surface area contributed by atoms with Crippen LogP contribution >= 0.6 is 32.9 Å². The van der Waals surface area contributed by atoms with Crippen molar-refractivity contribution >= 4 is 38.6 Å². The number of aromatic nitrogens is 2. The predicted molar refractivity (Wildman–Crippen MR) is 58.1 cm³/mol. The van der Waals surface area contributed by atoms with Crippen LogP contribution in [0.3, 0.4) is 0 Å². The highest BCUT2D eigenvalue weighted by Crippen LogP contribution is 2.08. The lowest BCUT2D eigenvalue weighted by Crippen LogP contribution is -1.90. The Kier molecular flexibility index (Phi) is 3.29. The molecule has 0 atom stereocenters. The fourth-order valence-corrected chi connectivity index (χ4v) is 1.57. The van der Waals surface area contributed by atoms with Crippen molar-refractivity contribution in [3.63, 3.8) is 0 Å². The number of rotatable bonds is 1. The molecule has 2 aromatic rings. The Balaban J connectivity index is 0.000000720. The van der Waals surface area contributed by atoms with Gasteiger partial charge in [-0.25, -0.2) is 4.98 Å². The molecular weight excluding hydrogens is 284 g/mol. The van der Waals surface area contributed by atoms with Crippen LogP contribution in [0, 0.1) is 0 Å². The zero-order valence-electron chi connectivity index (χ0n) is 6.27. The molecule has 0 N–H and O–H groups in total. The van der Waals surface area contributed by atoms with Crippen LogP contribution in [-0.2, 0) is 5.33 Å². The minimum absolute atomic E-state index is 0. The van der Waals surface area contributed by atoms with Crippen molar-refractivity contribution in [1.82, 2.24) is 9.38 Å². The molecule has 0 aliphatic rings. The predicted octanol–water partition coefficient (Wildman–Crippen LogP) is 2.81. The largest absolute Gasteiger partial charge is 0.303 e.